The van der Waals surface area contributed by atoms with Crippen LogP contribution in [0.5, 0.6) is 0 Å². The van der Waals surface area contributed by atoms with Crippen LogP contribution in [0.15, 0.2) is 29.2 Å². The van der Waals surface area contributed by atoms with Gasteiger partial charge in [0.2, 0.25) is 0 Å². The highest BCUT2D eigenvalue weighted by atomic mass is 32.2. The molecule has 0 aromatic heterocycles. The van der Waals surface area contributed by atoms with E-state index in [1.807, 2.05) is 13.8 Å². The van der Waals surface area contributed by atoms with Gasteiger partial charge >= 0.3 is 5.97 Å². The molecule has 6 nitrogen and oxygen atoms in total. The molecule has 0 spiro atoms. The van der Waals surface area contributed by atoms with Crippen molar-refractivity contribution >= 4 is 21.7 Å². The van der Waals surface area contributed by atoms with E-state index in [-0.39, 0.29) is 41.0 Å². The van der Waals surface area contributed by atoms with E-state index in [2.05, 4.69) is 0 Å². The van der Waals surface area contributed by atoms with Crippen molar-refractivity contribution in [2.24, 2.45) is 5.92 Å². The molecule has 1 aromatic rings. The second-order valence-corrected chi connectivity index (χ2v) is 8.00. The van der Waals surface area contributed by atoms with E-state index in [0.29, 0.717) is 6.54 Å². The first-order chi connectivity index (χ1) is 10.7. The first-order valence-corrected chi connectivity index (χ1v) is 9.16. The Kier molecular flexibility index (Phi) is 6.75. The summed E-state index contributed by atoms with van der Waals surface area (Å²) in [5.74, 6) is -1.20. The Bertz CT molecular complexity index is 667. The van der Waals surface area contributed by atoms with Gasteiger partial charge in [0.05, 0.1) is 17.1 Å². The molecule has 128 valence electrons. The number of carboxylic acid groups (broad SMARTS) is 1. The smallest absolute Gasteiger partial charge is 0.305 e. The largest absolute Gasteiger partial charge is 0.481 e. The van der Waals surface area contributed by atoms with E-state index in [9.17, 15) is 18.0 Å². The molecule has 0 unspecified atom stereocenters. The summed E-state index contributed by atoms with van der Waals surface area (Å²) >= 11 is 0. The fourth-order valence-corrected chi connectivity index (χ4v) is 3.04. The molecule has 1 aromatic carbocycles. The third-order valence-corrected chi connectivity index (χ3v) is 5.02. The number of hydrogen-bond acceptors (Lipinski definition) is 4. The molecule has 0 radical (unpaired) electrons. The van der Waals surface area contributed by atoms with Gasteiger partial charge in [0, 0.05) is 18.7 Å². The van der Waals surface area contributed by atoms with E-state index < -0.39 is 15.8 Å². The third kappa shape index (κ3) is 5.67. The number of carboxylic acids is 1. The van der Waals surface area contributed by atoms with Gasteiger partial charge in [-0.05, 0) is 24.1 Å². The van der Waals surface area contributed by atoms with Crippen LogP contribution in [0, 0.1) is 5.92 Å². The van der Waals surface area contributed by atoms with Crippen molar-refractivity contribution in [1.29, 1.82) is 0 Å². The van der Waals surface area contributed by atoms with Crippen molar-refractivity contribution in [3.8, 4) is 0 Å². The molecule has 0 heterocycles. The summed E-state index contributed by atoms with van der Waals surface area (Å²) in [6.07, 6.45) is -0.147. The van der Waals surface area contributed by atoms with Crippen LogP contribution in [0.25, 0.3) is 0 Å². The van der Waals surface area contributed by atoms with Crippen molar-refractivity contribution in [3.05, 3.63) is 29.8 Å². The molecule has 23 heavy (non-hydrogen) atoms. The minimum atomic E-state index is -3.39. The fourth-order valence-electron chi connectivity index (χ4n) is 2.12. The lowest BCUT2D eigenvalue weighted by atomic mass is 10.1. The Labute approximate surface area is 137 Å². The molecule has 0 bridgehead atoms. The molecule has 0 fully saturated rings. The highest BCUT2D eigenvalue weighted by molar-refractivity contribution is 7.91. The quantitative estimate of drug-likeness (QED) is 0.781. The zero-order chi connectivity index (χ0) is 17.6. The number of rotatable bonds is 8. The Hall–Kier alpha value is -1.89. The van der Waals surface area contributed by atoms with Gasteiger partial charge in [-0.3, -0.25) is 9.59 Å². The summed E-state index contributed by atoms with van der Waals surface area (Å²) in [7, 11) is -3.39. The molecular weight excluding hydrogens is 318 g/mol. The number of sulfone groups is 1. The van der Waals surface area contributed by atoms with E-state index in [1.165, 1.54) is 23.1 Å². The van der Waals surface area contributed by atoms with Crippen molar-refractivity contribution in [1.82, 2.24) is 4.90 Å². The van der Waals surface area contributed by atoms with E-state index in [1.54, 1.807) is 13.0 Å². The van der Waals surface area contributed by atoms with Crippen LogP contribution >= 0.6 is 0 Å². The number of aliphatic carboxylic acids is 1. The normalized spacial score (nSPS) is 11.5. The minimum Gasteiger partial charge on any atom is -0.481 e. The second-order valence-electron chi connectivity index (χ2n) is 5.72. The van der Waals surface area contributed by atoms with Crippen LogP contribution in [0.2, 0.25) is 0 Å². The van der Waals surface area contributed by atoms with Crippen LogP contribution in [-0.4, -0.2) is 49.1 Å². The molecule has 0 saturated heterocycles. The average Bonchev–Trinajstić information content (AvgIpc) is 2.50. The molecule has 1 amide bonds. The molecule has 1 N–H and O–H groups in total. The highest BCUT2D eigenvalue weighted by Gasteiger charge is 2.20. The molecule has 0 aliphatic heterocycles. The molecule has 1 rings (SSSR count). The monoisotopic (exact) mass is 341 g/mol. The zero-order valence-corrected chi connectivity index (χ0v) is 14.5. The lowest BCUT2D eigenvalue weighted by Crippen LogP contribution is -2.36. The number of carbonyl (C=O) groups excluding carboxylic acids is 1. The van der Waals surface area contributed by atoms with E-state index in [0.717, 1.165) is 0 Å². The average molecular weight is 341 g/mol. The highest BCUT2D eigenvalue weighted by Crippen LogP contribution is 2.16. The maximum absolute atomic E-state index is 12.6. The Morgan fingerprint density at radius 3 is 2.43 bits per heavy atom. The Morgan fingerprint density at radius 1 is 1.26 bits per heavy atom. The van der Waals surface area contributed by atoms with Crippen LogP contribution in [0.3, 0.4) is 0 Å². The lowest BCUT2D eigenvalue weighted by Gasteiger charge is -2.24. The number of nitrogens with zero attached hydrogens (tertiary/aromatic N) is 1. The topological polar surface area (TPSA) is 91.8 Å². The minimum absolute atomic E-state index is 0.0423. The summed E-state index contributed by atoms with van der Waals surface area (Å²) in [6.45, 7) is 5.91. The first kappa shape index (κ1) is 19.2. The standard InChI is InChI=1S/C16H23NO5S/c1-4-23(21,22)14-7-5-6-13(10-14)16(20)17(11-12(2)3)9-8-15(18)19/h5-7,10,12H,4,8-9,11H2,1-3H3,(H,18,19). The number of amides is 1. The van der Waals surface area contributed by atoms with Gasteiger partial charge < -0.3 is 10.0 Å². The van der Waals surface area contributed by atoms with Crippen molar-refractivity contribution < 1.29 is 23.1 Å². The van der Waals surface area contributed by atoms with Crippen LogP contribution in [0.1, 0.15) is 37.6 Å². The Balaban J connectivity index is 3.08. The lowest BCUT2D eigenvalue weighted by molar-refractivity contribution is -0.137. The van der Waals surface area contributed by atoms with Gasteiger partial charge in [-0.15, -0.1) is 0 Å². The first-order valence-electron chi connectivity index (χ1n) is 7.51. The molecule has 0 saturated carbocycles. The number of benzene rings is 1. The SMILES string of the molecule is CCS(=O)(=O)c1cccc(C(=O)N(CCC(=O)O)CC(C)C)c1. The van der Waals surface area contributed by atoms with E-state index in [4.69, 9.17) is 5.11 Å². The van der Waals surface area contributed by atoms with Gasteiger partial charge in [-0.2, -0.15) is 0 Å². The zero-order valence-electron chi connectivity index (χ0n) is 13.7. The maximum Gasteiger partial charge on any atom is 0.305 e. The van der Waals surface area contributed by atoms with E-state index >= 15 is 0 Å². The molecular formula is C16H23NO5S. The molecule has 0 aliphatic carbocycles. The van der Waals surface area contributed by atoms with Gasteiger partial charge in [0.15, 0.2) is 9.84 Å². The van der Waals surface area contributed by atoms with Gasteiger partial charge in [0.1, 0.15) is 0 Å². The molecule has 7 heteroatoms. The summed E-state index contributed by atoms with van der Waals surface area (Å²) in [5, 5.41) is 8.81. The molecule has 0 atom stereocenters. The van der Waals surface area contributed by atoms with Gasteiger partial charge in [-0.25, -0.2) is 8.42 Å². The van der Waals surface area contributed by atoms with Crippen molar-refractivity contribution in [3.63, 3.8) is 0 Å². The van der Waals surface area contributed by atoms with Crippen LogP contribution in [-0.2, 0) is 14.6 Å². The summed E-state index contributed by atoms with van der Waals surface area (Å²) < 4.78 is 23.9. The number of hydrogen-bond donors (Lipinski definition) is 1. The Morgan fingerprint density at radius 2 is 1.91 bits per heavy atom. The maximum atomic E-state index is 12.6. The van der Waals surface area contributed by atoms with Crippen molar-refractivity contribution in [2.75, 3.05) is 18.8 Å². The number of carbonyl (C=O) groups is 2. The van der Waals surface area contributed by atoms with Crippen molar-refractivity contribution in [2.45, 2.75) is 32.1 Å². The van der Waals surface area contributed by atoms with Gasteiger partial charge in [-0.1, -0.05) is 26.8 Å². The predicted octanol–water partition coefficient (Wildman–Crippen LogP) is 2.05. The second kappa shape index (κ2) is 8.10. The molecule has 0 aliphatic rings. The van der Waals surface area contributed by atoms with Crippen LogP contribution in [0.4, 0.5) is 0 Å². The third-order valence-electron chi connectivity index (χ3n) is 3.29. The summed E-state index contributed by atoms with van der Waals surface area (Å²) in [5.41, 5.74) is 0.255. The van der Waals surface area contributed by atoms with Gasteiger partial charge in [0.25, 0.3) is 5.91 Å². The van der Waals surface area contributed by atoms with Crippen LogP contribution < -0.4 is 0 Å². The summed E-state index contributed by atoms with van der Waals surface area (Å²) in [6, 6.07) is 5.89. The predicted molar refractivity (Wildman–Crippen MR) is 87.2 cm³/mol. The fraction of sp³-hybridized carbons (Fsp3) is 0.500. The summed E-state index contributed by atoms with van der Waals surface area (Å²) in [4.78, 5) is 24.9.